The van der Waals surface area contributed by atoms with Crippen LogP contribution < -0.4 is 0 Å². The molecule has 128 valence electrons. The van der Waals surface area contributed by atoms with Gasteiger partial charge in [-0.15, -0.1) is 0 Å². The summed E-state index contributed by atoms with van der Waals surface area (Å²) in [6.07, 6.45) is 5.45. The standard InChI is InChI=1S/C19H21N5O/c1-13-10-20-11-16(21-13)18-8-5-9-23(18)19(25)12-24-14(2)22-15-6-3-4-7-17(15)24/h3-4,6-7,10-11,18H,5,8-9,12H2,1-2H3/t18-/m1/s1. The highest BCUT2D eigenvalue weighted by Gasteiger charge is 2.31. The number of aromatic nitrogens is 4. The minimum atomic E-state index is 0.0231. The predicted molar refractivity (Wildman–Crippen MR) is 94.9 cm³/mol. The van der Waals surface area contributed by atoms with Crippen molar-refractivity contribution in [2.75, 3.05) is 6.54 Å². The predicted octanol–water partition coefficient (Wildman–Crippen LogP) is 2.81. The molecule has 1 aromatic carbocycles. The number of likely N-dealkylation sites (tertiary alicyclic amines) is 1. The van der Waals surface area contributed by atoms with E-state index in [4.69, 9.17) is 0 Å². The maximum absolute atomic E-state index is 13.0. The van der Waals surface area contributed by atoms with Crippen LogP contribution in [0.5, 0.6) is 0 Å². The summed E-state index contributed by atoms with van der Waals surface area (Å²) in [5.74, 6) is 0.970. The van der Waals surface area contributed by atoms with E-state index >= 15 is 0 Å². The number of carbonyl (C=O) groups excluding carboxylic acids is 1. The molecule has 1 amide bonds. The molecule has 25 heavy (non-hydrogen) atoms. The van der Waals surface area contributed by atoms with E-state index < -0.39 is 0 Å². The Balaban J connectivity index is 1.60. The van der Waals surface area contributed by atoms with Crippen LogP contribution in [0.2, 0.25) is 0 Å². The van der Waals surface area contributed by atoms with Crippen LogP contribution in [0.4, 0.5) is 0 Å². The fraction of sp³-hybridized carbons (Fsp3) is 0.368. The van der Waals surface area contributed by atoms with E-state index in [0.29, 0.717) is 6.54 Å². The molecule has 0 N–H and O–H groups in total. The van der Waals surface area contributed by atoms with E-state index in [0.717, 1.165) is 47.6 Å². The average molecular weight is 335 g/mol. The molecule has 1 aliphatic rings. The summed E-state index contributed by atoms with van der Waals surface area (Å²) < 4.78 is 2.00. The Morgan fingerprint density at radius 1 is 1.20 bits per heavy atom. The maximum Gasteiger partial charge on any atom is 0.243 e. The molecule has 0 saturated carbocycles. The molecule has 0 unspecified atom stereocenters. The molecule has 6 nitrogen and oxygen atoms in total. The van der Waals surface area contributed by atoms with Gasteiger partial charge in [-0.1, -0.05) is 12.1 Å². The third-order valence-corrected chi connectivity index (χ3v) is 4.83. The van der Waals surface area contributed by atoms with Gasteiger partial charge >= 0.3 is 0 Å². The topological polar surface area (TPSA) is 63.9 Å². The lowest BCUT2D eigenvalue weighted by atomic mass is 10.1. The van der Waals surface area contributed by atoms with Crippen LogP contribution in [0.3, 0.4) is 0 Å². The molecule has 2 aromatic heterocycles. The Hall–Kier alpha value is -2.76. The Morgan fingerprint density at radius 3 is 2.88 bits per heavy atom. The molecule has 1 fully saturated rings. The molecule has 0 aliphatic carbocycles. The van der Waals surface area contributed by atoms with Gasteiger partial charge in [0.05, 0.1) is 34.7 Å². The van der Waals surface area contributed by atoms with E-state index in [9.17, 15) is 4.79 Å². The van der Waals surface area contributed by atoms with Gasteiger partial charge in [0.2, 0.25) is 5.91 Å². The highest BCUT2D eigenvalue weighted by molar-refractivity contribution is 5.81. The number of carbonyl (C=O) groups is 1. The molecule has 6 heteroatoms. The number of hydrogen-bond donors (Lipinski definition) is 0. The van der Waals surface area contributed by atoms with E-state index in [1.54, 1.807) is 12.4 Å². The lowest BCUT2D eigenvalue weighted by Crippen LogP contribution is -2.34. The first-order chi connectivity index (χ1) is 12.1. The molecule has 0 bridgehead atoms. The molecule has 3 heterocycles. The molecule has 0 radical (unpaired) electrons. The Labute approximate surface area is 146 Å². The lowest BCUT2D eigenvalue weighted by molar-refractivity contribution is -0.132. The van der Waals surface area contributed by atoms with Crippen LogP contribution in [-0.4, -0.2) is 36.9 Å². The highest BCUT2D eigenvalue weighted by atomic mass is 16.2. The summed E-state index contributed by atoms with van der Waals surface area (Å²) in [5.41, 5.74) is 3.70. The van der Waals surface area contributed by atoms with E-state index in [2.05, 4.69) is 15.0 Å². The van der Waals surface area contributed by atoms with Crippen molar-refractivity contribution in [3.63, 3.8) is 0 Å². The lowest BCUT2D eigenvalue weighted by Gasteiger charge is -2.25. The van der Waals surface area contributed by atoms with Gasteiger partial charge in [-0.05, 0) is 38.8 Å². The van der Waals surface area contributed by atoms with Gasteiger partial charge in [-0.2, -0.15) is 0 Å². The molecule has 1 saturated heterocycles. The van der Waals surface area contributed by atoms with Crippen LogP contribution in [0.15, 0.2) is 36.7 Å². The van der Waals surface area contributed by atoms with Crippen molar-refractivity contribution < 1.29 is 4.79 Å². The zero-order chi connectivity index (χ0) is 17.4. The van der Waals surface area contributed by atoms with E-state index in [-0.39, 0.29) is 11.9 Å². The normalized spacial score (nSPS) is 17.4. The van der Waals surface area contributed by atoms with Crippen molar-refractivity contribution in [3.8, 4) is 0 Å². The summed E-state index contributed by atoms with van der Waals surface area (Å²) in [6, 6.07) is 7.95. The van der Waals surface area contributed by atoms with Crippen molar-refractivity contribution in [1.82, 2.24) is 24.4 Å². The number of para-hydroxylation sites is 2. The fourth-order valence-corrected chi connectivity index (χ4v) is 3.64. The van der Waals surface area contributed by atoms with Crippen molar-refractivity contribution in [2.24, 2.45) is 0 Å². The first kappa shape index (κ1) is 15.7. The molecule has 0 spiro atoms. The number of amides is 1. The molecule has 1 atom stereocenters. The minimum Gasteiger partial charge on any atom is -0.332 e. The second-order valence-corrected chi connectivity index (χ2v) is 6.56. The van der Waals surface area contributed by atoms with Crippen LogP contribution >= 0.6 is 0 Å². The SMILES string of the molecule is Cc1cncc([C@H]2CCCN2C(=O)Cn2c(C)nc3ccccc32)n1. The number of nitrogens with zero attached hydrogens (tertiary/aromatic N) is 5. The van der Waals surface area contributed by atoms with Gasteiger partial charge < -0.3 is 9.47 Å². The van der Waals surface area contributed by atoms with Gasteiger partial charge in [0, 0.05) is 12.7 Å². The smallest absolute Gasteiger partial charge is 0.243 e. The summed E-state index contributed by atoms with van der Waals surface area (Å²) in [5, 5.41) is 0. The van der Waals surface area contributed by atoms with Crippen LogP contribution in [-0.2, 0) is 11.3 Å². The van der Waals surface area contributed by atoms with Gasteiger partial charge in [0.25, 0.3) is 0 Å². The third kappa shape index (κ3) is 2.88. The first-order valence-corrected chi connectivity index (χ1v) is 8.63. The van der Waals surface area contributed by atoms with E-state index in [1.807, 2.05) is 47.6 Å². The number of aryl methyl sites for hydroxylation is 2. The van der Waals surface area contributed by atoms with Gasteiger partial charge in [-0.25, -0.2) is 4.98 Å². The quantitative estimate of drug-likeness (QED) is 0.738. The Kier molecular flexibility index (Phi) is 3.95. The second-order valence-electron chi connectivity index (χ2n) is 6.56. The number of hydrogen-bond acceptors (Lipinski definition) is 4. The van der Waals surface area contributed by atoms with Crippen molar-refractivity contribution in [3.05, 3.63) is 53.9 Å². The number of imidazole rings is 1. The van der Waals surface area contributed by atoms with Crippen molar-refractivity contribution in [2.45, 2.75) is 39.3 Å². The van der Waals surface area contributed by atoms with Crippen LogP contribution in [0, 0.1) is 13.8 Å². The molecule has 3 aromatic rings. The summed E-state index contributed by atoms with van der Waals surface area (Å²) in [6.45, 7) is 4.95. The highest BCUT2D eigenvalue weighted by Crippen LogP contribution is 2.31. The van der Waals surface area contributed by atoms with Crippen molar-refractivity contribution in [1.29, 1.82) is 0 Å². The van der Waals surface area contributed by atoms with E-state index in [1.165, 1.54) is 0 Å². The molecule has 4 rings (SSSR count). The average Bonchev–Trinajstić information content (AvgIpc) is 3.20. The summed E-state index contributed by atoms with van der Waals surface area (Å²) in [4.78, 5) is 28.3. The van der Waals surface area contributed by atoms with Gasteiger partial charge in [0.15, 0.2) is 0 Å². The Morgan fingerprint density at radius 2 is 2.04 bits per heavy atom. The maximum atomic E-state index is 13.0. The number of benzene rings is 1. The van der Waals surface area contributed by atoms with Gasteiger partial charge in [0.1, 0.15) is 12.4 Å². The summed E-state index contributed by atoms with van der Waals surface area (Å²) >= 11 is 0. The van der Waals surface area contributed by atoms with Crippen molar-refractivity contribution >= 4 is 16.9 Å². The molecular formula is C19H21N5O. The van der Waals surface area contributed by atoms with Crippen LogP contribution in [0.25, 0.3) is 11.0 Å². The zero-order valence-corrected chi connectivity index (χ0v) is 14.5. The van der Waals surface area contributed by atoms with Crippen LogP contribution in [0.1, 0.15) is 36.1 Å². The Bertz CT molecular complexity index is 932. The zero-order valence-electron chi connectivity index (χ0n) is 14.5. The second kappa shape index (κ2) is 6.27. The number of rotatable bonds is 3. The monoisotopic (exact) mass is 335 g/mol. The molecular weight excluding hydrogens is 314 g/mol. The minimum absolute atomic E-state index is 0.0231. The number of fused-ring (bicyclic) bond motifs is 1. The largest absolute Gasteiger partial charge is 0.332 e. The third-order valence-electron chi connectivity index (χ3n) is 4.83. The first-order valence-electron chi connectivity index (χ1n) is 8.63. The van der Waals surface area contributed by atoms with Gasteiger partial charge in [-0.3, -0.25) is 14.8 Å². The summed E-state index contributed by atoms with van der Waals surface area (Å²) in [7, 11) is 0. The fourth-order valence-electron chi connectivity index (χ4n) is 3.64. The molecule has 1 aliphatic heterocycles.